The molecule has 1 saturated heterocycles. The van der Waals surface area contributed by atoms with Crippen LogP contribution in [-0.2, 0) is 11.3 Å². The van der Waals surface area contributed by atoms with E-state index < -0.39 is 0 Å². The lowest BCUT2D eigenvalue weighted by atomic mass is 9.99. The zero-order chi connectivity index (χ0) is 20.4. The zero-order valence-electron chi connectivity index (χ0n) is 16.9. The molecule has 4 rings (SSSR count). The number of fused-ring (bicyclic) bond motifs is 1. The van der Waals surface area contributed by atoms with Crippen molar-refractivity contribution in [3.05, 3.63) is 76.2 Å². The fourth-order valence-corrected chi connectivity index (χ4v) is 3.97. The Morgan fingerprint density at radius 1 is 1.17 bits per heavy atom. The quantitative estimate of drug-likeness (QED) is 0.698. The molecule has 1 amide bonds. The lowest BCUT2D eigenvalue weighted by molar-refractivity contribution is -0.117. The smallest absolute Gasteiger partial charge is 0.258 e. The molecule has 1 aliphatic rings. The first-order valence-electron chi connectivity index (χ1n) is 10.3. The minimum atomic E-state index is -0.278. The fourth-order valence-electron chi connectivity index (χ4n) is 3.97. The first-order chi connectivity index (χ1) is 14.0. The van der Waals surface area contributed by atoms with E-state index in [-0.39, 0.29) is 17.4 Å². The van der Waals surface area contributed by atoms with Crippen LogP contribution in [0.15, 0.2) is 59.5 Å². The third-order valence-electron chi connectivity index (χ3n) is 5.83. The van der Waals surface area contributed by atoms with Crippen molar-refractivity contribution >= 4 is 22.4 Å². The molecule has 3 aromatic rings. The molecule has 0 spiro atoms. The van der Waals surface area contributed by atoms with Crippen LogP contribution in [-0.4, -0.2) is 23.1 Å². The number of pyridine rings is 1. The van der Waals surface area contributed by atoms with Gasteiger partial charge in [-0.15, -0.1) is 0 Å². The molecule has 1 fully saturated rings. The van der Waals surface area contributed by atoms with Gasteiger partial charge in [0.1, 0.15) is 0 Å². The van der Waals surface area contributed by atoms with Gasteiger partial charge in [0.25, 0.3) is 5.56 Å². The summed E-state index contributed by atoms with van der Waals surface area (Å²) in [6.45, 7) is 5.62. The highest BCUT2D eigenvalue weighted by Gasteiger charge is 2.18. The minimum Gasteiger partial charge on any atom is -0.325 e. The average molecular weight is 389 g/mol. The van der Waals surface area contributed by atoms with Crippen LogP contribution in [0, 0.1) is 6.92 Å². The Morgan fingerprint density at radius 3 is 2.69 bits per heavy atom. The number of hydrogen-bond donors (Lipinski definition) is 2. The van der Waals surface area contributed by atoms with Crippen molar-refractivity contribution in [3.8, 4) is 0 Å². The molecule has 2 N–H and O–H groups in total. The first-order valence-corrected chi connectivity index (χ1v) is 10.3. The molecule has 2 atom stereocenters. The van der Waals surface area contributed by atoms with Crippen molar-refractivity contribution in [2.24, 2.45) is 0 Å². The van der Waals surface area contributed by atoms with Gasteiger partial charge >= 0.3 is 0 Å². The summed E-state index contributed by atoms with van der Waals surface area (Å²) in [5.74, 6) is -0.361. The van der Waals surface area contributed by atoms with Crippen LogP contribution < -0.4 is 16.2 Å². The van der Waals surface area contributed by atoms with Crippen LogP contribution >= 0.6 is 0 Å². The maximum absolute atomic E-state index is 13.0. The van der Waals surface area contributed by atoms with Crippen molar-refractivity contribution in [3.63, 3.8) is 0 Å². The number of amides is 1. The number of benzene rings is 2. The lowest BCUT2D eigenvalue weighted by Crippen LogP contribution is -2.32. The van der Waals surface area contributed by atoms with Gasteiger partial charge in [0.15, 0.2) is 0 Å². The molecule has 0 saturated carbocycles. The van der Waals surface area contributed by atoms with E-state index in [9.17, 15) is 9.59 Å². The Kier molecular flexibility index (Phi) is 5.49. The lowest BCUT2D eigenvalue weighted by Gasteiger charge is -2.16. The van der Waals surface area contributed by atoms with E-state index >= 15 is 0 Å². The third kappa shape index (κ3) is 4.10. The van der Waals surface area contributed by atoms with Crippen LogP contribution in [0.1, 0.15) is 36.8 Å². The van der Waals surface area contributed by atoms with Crippen molar-refractivity contribution in [1.82, 2.24) is 9.88 Å². The number of hydrogen-bond acceptors (Lipinski definition) is 3. The molecule has 0 radical (unpaired) electrons. The standard InChI is InChI=1S/C24H27N3O2/c1-16-8-10-18(11-9-16)17(2)23(28)26-22-7-3-6-21-20(22)12-14-27(24(21)29)15-19-5-4-13-25-19/h3,6-12,14,17,19,25H,4-5,13,15H2,1-2H3,(H,26,28)/t17?,19-/m0/s1. The fraction of sp³-hybridized carbons (Fsp3) is 0.333. The highest BCUT2D eigenvalue weighted by atomic mass is 16.2. The summed E-state index contributed by atoms with van der Waals surface area (Å²) < 4.78 is 1.77. The predicted octanol–water partition coefficient (Wildman–Crippen LogP) is 3.80. The van der Waals surface area contributed by atoms with Gasteiger partial charge in [-0.3, -0.25) is 9.59 Å². The molecule has 1 unspecified atom stereocenters. The SMILES string of the molecule is Cc1ccc(C(C)C(=O)Nc2cccc3c(=O)n(C[C@@H]4CCCN4)ccc23)cc1. The summed E-state index contributed by atoms with van der Waals surface area (Å²) in [4.78, 5) is 25.8. The van der Waals surface area contributed by atoms with Crippen LogP contribution in [0.4, 0.5) is 5.69 Å². The normalized spacial score (nSPS) is 17.4. The van der Waals surface area contributed by atoms with Gasteiger partial charge in [0.2, 0.25) is 5.91 Å². The number of anilines is 1. The summed E-state index contributed by atoms with van der Waals surface area (Å²) in [5, 5.41) is 7.86. The summed E-state index contributed by atoms with van der Waals surface area (Å²) >= 11 is 0. The van der Waals surface area contributed by atoms with Crippen LogP contribution in [0.25, 0.3) is 10.8 Å². The number of nitrogens with one attached hydrogen (secondary N) is 2. The minimum absolute atomic E-state index is 0.0149. The summed E-state index contributed by atoms with van der Waals surface area (Å²) in [7, 11) is 0. The van der Waals surface area contributed by atoms with Gasteiger partial charge in [0.05, 0.1) is 5.92 Å². The van der Waals surface area contributed by atoms with Gasteiger partial charge < -0.3 is 15.2 Å². The molecule has 150 valence electrons. The number of carbonyl (C=O) groups excluding carboxylic acids is 1. The monoisotopic (exact) mass is 389 g/mol. The number of rotatable bonds is 5. The maximum atomic E-state index is 13.0. The van der Waals surface area contributed by atoms with Crippen molar-refractivity contribution < 1.29 is 4.79 Å². The molecule has 1 aromatic heterocycles. The Morgan fingerprint density at radius 2 is 1.97 bits per heavy atom. The van der Waals surface area contributed by atoms with E-state index in [1.54, 1.807) is 4.57 Å². The van der Waals surface area contributed by atoms with E-state index in [0.29, 0.717) is 23.7 Å². The molecule has 29 heavy (non-hydrogen) atoms. The second-order valence-corrected chi connectivity index (χ2v) is 7.95. The summed E-state index contributed by atoms with van der Waals surface area (Å²) in [6, 6.07) is 15.8. The Hall–Kier alpha value is -2.92. The molecular formula is C24H27N3O2. The van der Waals surface area contributed by atoms with Gasteiger partial charge in [-0.25, -0.2) is 0 Å². The molecule has 5 nitrogen and oxygen atoms in total. The maximum Gasteiger partial charge on any atom is 0.258 e. The van der Waals surface area contributed by atoms with Gasteiger partial charge in [0, 0.05) is 35.2 Å². The molecule has 2 aromatic carbocycles. The Labute approximate surface area is 170 Å². The molecule has 5 heteroatoms. The van der Waals surface area contributed by atoms with E-state index in [1.807, 2.05) is 68.6 Å². The average Bonchev–Trinajstić information content (AvgIpc) is 3.24. The van der Waals surface area contributed by atoms with E-state index in [2.05, 4.69) is 10.6 Å². The predicted molar refractivity (Wildman–Crippen MR) is 117 cm³/mol. The van der Waals surface area contributed by atoms with Crippen molar-refractivity contribution in [2.45, 2.75) is 45.2 Å². The number of aryl methyl sites for hydroxylation is 1. The first kappa shape index (κ1) is 19.4. The molecule has 2 heterocycles. The highest BCUT2D eigenvalue weighted by molar-refractivity contribution is 6.03. The zero-order valence-corrected chi connectivity index (χ0v) is 16.9. The second kappa shape index (κ2) is 8.21. The third-order valence-corrected chi connectivity index (χ3v) is 5.83. The van der Waals surface area contributed by atoms with E-state index in [1.165, 1.54) is 5.56 Å². The second-order valence-electron chi connectivity index (χ2n) is 7.95. The number of aromatic nitrogens is 1. The highest BCUT2D eigenvalue weighted by Crippen LogP contribution is 2.24. The van der Waals surface area contributed by atoms with Gasteiger partial charge in [-0.05, 0) is 57.0 Å². The summed E-state index contributed by atoms with van der Waals surface area (Å²) in [6.07, 6.45) is 4.09. The van der Waals surface area contributed by atoms with E-state index in [0.717, 1.165) is 30.3 Å². The molecule has 1 aliphatic heterocycles. The largest absolute Gasteiger partial charge is 0.325 e. The van der Waals surface area contributed by atoms with Crippen LogP contribution in [0.5, 0.6) is 0 Å². The van der Waals surface area contributed by atoms with E-state index in [4.69, 9.17) is 0 Å². The molecular weight excluding hydrogens is 362 g/mol. The van der Waals surface area contributed by atoms with Gasteiger partial charge in [-0.2, -0.15) is 0 Å². The molecule has 0 bridgehead atoms. The topological polar surface area (TPSA) is 63.1 Å². The van der Waals surface area contributed by atoms with Gasteiger partial charge in [-0.1, -0.05) is 35.9 Å². The van der Waals surface area contributed by atoms with Crippen LogP contribution in [0.2, 0.25) is 0 Å². The Bertz CT molecular complexity index is 1080. The van der Waals surface area contributed by atoms with Crippen LogP contribution in [0.3, 0.4) is 0 Å². The number of carbonyl (C=O) groups is 1. The molecule has 0 aliphatic carbocycles. The number of nitrogens with zero attached hydrogens (tertiary/aromatic N) is 1. The Balaban J connectivity index is 1.59. The van der Waals surface area contributed by atoms with Crippen molar-refractivity contribution in [2.75, 3.05) is 11.9 Å². The van der Waals surface area contributed by atoms with Crippen molar-refractivity contribution in [1.29, 1.82) is 0 Å². The summed E-state index contributed by atoms with van der Waals surface area (Å²) in [5.41, 5.74) is 2.80.